The van der Waals surface area contributed by atoms with Gasteiger partial charge in [-0.1, -0.05) is 0 Å². The van der Waals surface area contributed by atoms with E-state index in [1.54, 1.807) is 18.2 Å². The van der Waals surface area contributed by atoms with Gasteiger partial charge in [-0.2, -0.15) is 0 Å². The second-order valence-electron chi connectivity index (χ2n) is 3.78. The molecule has 0 saturated carbocycles. The molecule has 0 aromatic heterocycles. The number of hydrogen-bond donors (Lipinski definition) is 4. The van der Waals surface area contributed by atoms with E-state index in [0.717, 1.165) is 5.69 Å². The van der Waals surface area contributed by atoms with Crippen LogP contribution in [0, 0.1) is 5.41 Å². The van der Waals surface area contributed by atoms with Gasteiger partial charge >= 0.3 is 5.97 Å². The molecule has 0 aliphatic rings. The van der Waals surface area contributed by atoms with Crippen LogP contribution < -0.4 is 11.1 Å². The average molecular weight is 221 g/mol. The molecule has 16 heavy (non-hydrogen) atoms. The fourth-order valence-corrected chi connectivity index (χ4v) is 1.31. The normalized spacial score (nSPS) is 10.2. The molecule has 1 rings (SSSR count). The van der Waals surface area contributed by atoms with Crippen LogP contribution in [0.15, 0.2) is 18.2 Å². The van der Waals surface area contributed by atoms with Gasteiger partial charge in [0.1, 0.15) is 5.71 Å². The first kappa shape index (κ1) is 12.0. The number of nitrogen functional groups attached to an aromatic ring is 1. The van der Waals surface area contributed by atoms with Crippen LogP contribution in [-0.2, 0) is 4.79 Å². The van der Waals surface area contributed by atoms with Crippen molar-refractivity contribution in [3.63, 3.8) is 0 Å². The summed E-state index contributed by atoms with van der Waals surface area (Å²) in [6.07, 6.45) is 0. The number of carboxylic acid groups (broad SMARTS) is 1. The third-order valence-electron chi connectivity index (χ3n) is 1.99. The standard InChI is InChI=1S/C11H15N3O2/c1-6(2)14-7-3-4-9(12)8(5-7)10(13)11(15)16/h3-6,13-14H,12H2,1-2H3,(H,15,16). The second-order valence-corrected chi connectivity index (χ2v) is 3.78. The van der Waals surface area contributed by atoms with Gasteiger partial charge in [-0.05, 0) is 32.0 Å². The zero-order valence-electron chi connectivity index (χ0n) is 9.24. The van der Waals surface area contributed by atoms with Gasteiger partial charge in [-0.3, -0.25) is 5.41 Å². The summed E-state index contributed by atoms with van der Waals surface area (Å²) in [4.78, 5) is 10.7. The number of carbonyl (C=O) groups is 1. The Morgan fingerprint density at radius 3 is 2.62 bits per heavy atom. The molecule has 0 heterocycles. The molecule has 0 bridgehead atoms. The van der Waals surface area contributed by atoms with Gasteiger partial charge in [0.25, 0.3) is 0 Å². The lowest BCUT2D eigenvalue weighted by atomic mass is 10.1. The Kier molecular flexibility index (Phi) is 3.50. The summed E-state index contributed by atoms with van der Waals surface area (Å²) in [7, 11) is 0. The zero-order chi connectivity index (χ0) is 12.3. The number of rotatable bonds is 4. The highest BCUT2D eigenvalue weighted by Gasteiger charge is 2.13. The Morgan fingerprint density at radius 2 is 2.12 bits per heavy atom. The number of nitrogens with one attached hydrogen (secondary N) is 2. The highest BCUT2D eigenvalue weighted by atomic mass is 16.4. The molecule has 0 aliphatic heterocycles. The van der Waals surface area contributed by atoms with E-state index in [2.05, 4.69) is 5.32 Å². The maximum atomic E-state index is 10.7. The largest absolute Gasteiger partial charge is 0.477 e. The van der Waals surface area contributed by atoms with Gasteiger partial charge in [-0.25, -0.2) is 4.79 Å². The molecular formula is C11H15N3O2. The highest BCUT2D eigenvalue weighted by Crippen LogP contribution is 2.19. The zero-order valence-corrected chi connectivity index (χ0v) is 9.24. The first-order valence-electron chi connectivity index (χ1n) is 4.90. The molecule has 5 N–H and O–H groups in total. The van der Waals surface area contributed by atoms with Crippen molar-refractivity contribution in [3.8, 4) is 0 Å². The Morgan fingerprint density at radius 1 is 1.50 bits per heavy atom. The van der Waals surface area contributed by atoms with Crippen LogP contribution in [0.5, 0.6) is 0 Å². The van der Waals surface area contributed by atoms with Gasteiger partial charge in [-0.15, -0.1) is 0 Å². The third kappa shape index (κ3) is 2.73. The summed E-state index contributed by atoms with van der Waals surface area (Å²) >= 11 is 0. The maximum absolute atomic E-state index is 10.7. The van der Waals surface area contributed by atoms with E-state index in [-0.39, 0.29) is 11.6 Å². The molecule has 0 radical (unpaired) electrons. The number of hydrogen-bond acceptors (Lipinski definition) is 4. The molecule has 86 valence electrons. The fraction of sp³-hybridized carbons (Fsp3) is 0.273. The smallest absolute Gasteiger partial charge is 0.354 e. The predicted octanol–water partition coefficient (Wildman–Crippen LogP) is 1.54. The molecule has 0 saturated heterocycles. The fourth-order valence-electron chi connectivity index (χ4n) is 1.31. The van der Waals surface area contributed by atoms with Gasteiger partial charge in [0.05, 0.1) is 0 Å². The molecule has 0 spiro atoms. The highest BCUT2D eigenvalue weighted by molar-refractivity contribution is 6.42. The Balaban J connectivity index is 3.08. The first-order chi connectivity index (χ1) is 7.41. The quantitative estimate of drug-likeness (QED) is 0.457. The number of benzene rings is 1. The number of anilines is 2. The summed E-state index contributed by atoms with van der Waals surface area (Å²) < 4.78 is 0. The third-order valence-corrected chi connectivity index (χ3v) is 1.99. The van der Waals surface area contributed by atoms with Crippen molar-refractivity contribution in [1.29, 1.82) is 5.41 Å². The van der Waals surface area contributed by atoms with E-state index < -0.39 is 11.7 Å². The Labute approximate surface area is 93.8 Å². The van der Waals surface area contributed by atoms with Crippen LogP contribution in [0.2, 0.25) is 0 Å². The van der Waals surface area contributed by atoms with E-state index in [0.29, 0.717) is 5.69 Å². The Bertz CT molecular complexity index is 427. The van der Waals surface area contributed by atoms with E-state index in [1.807, 2.05) is 13.8 Å². The molecule has 1 aromatic carbocycles. The van der Waals surface area contributed by atoms with Crippen LogP contribution in [0.3, 0.4) is 0 Å². The van der Waals surface area contributed by atoms with E-state index in [4.69, 9.17) is 16.2 Å². The van der Waals surface area contributed by atoms with E-state index >= 15 is 0 Å². The molecule has 0 unspecified atom stereocenters. The number of carboxylic acids is 1. The molecule has 5 heteroatoms. The van der Waals surface area contributed by atoms with Gasteiger partial charge in [0.2, 0.25) is 0 Å². The number of nitrogens with two attached hydrogens (primary N) is 1. The van der Waals surface area contributed by atoms with Crippen molar-refractivity contribution in [2.45, 2.75) is 19.9 Å². The average Bonchev–Trinajstić information content (AvgIpc) is 2.19. The summed E-state index contributed by atoms with van der Waals surface area (Å²) in [5.41, 5.74) is 6.41. The van der Waals surface area contributed by atoms with Crippen molar-refractivity contribution in [3.05, 3.63) is 23.8 Å². The van der Waals surface area contributed by atoms with Crippen LogP contribution in [-0.4, -0.2) is 22.8 Å². The first-order valence-corrected chi connectivity index (χ1v) is 4.90. The lowest BCUT2D eigenvalue weighted by Crippen LogP contribution is -2.16. The summed E-state index contributed by atoms with van der Waals surface area (Å²) in [5, 5.41) is 19.3. The summed E-state index contributed by atoms with van der Waals surface area (Å²) in [5.74, 6) is -1.28. The van der Waals surface area contributed by atoms with Crippen LogP contribution in [0.1, 0.15) is 19.4 Å². The van der Waals surface area contributed by atoms with Crippen LogP contribution in [0.25, 0.3) is 0 Å². The van der Waals surface area contributed by atoms with Crippen molar-refractivity contribution in [2.75, 3.05) is 11.1 Å². The summed E-state index contributed by atoms with van der Waals surface area (Å²) in [6.45, 7) is 3.94. The molecule has 0 fully saturated rings. The lowest BCUT2D eigenvalue weighted by molar-refractivity contribution is -0.129. The second kappa shape index (κ2) is 4.65. The minimum atomic E-state index is -1.28. The van der Waals surface area contributed by atoms with Gasteiger partial charge in [0.15, 0.2) is 0 Å². The molecular weight excluding hydrogens is 206 g/mol. The van der Waals surface area contributed by atoms with Crippen molar-refractivity contribution in [2.24, 2.45) is 0 Å². The molecule has 5 nitrogen and oxygen atoms in total. The van der Waals surface area contributed by atoms with E-state index in [9.17, 15) is 4.79 Å². The van der Waals surface area contributed by atoms with Crippen molar-refractivity contribution in [1.82, 2.24) is 0 Å². The van der Waals surface area contributed by atoms with E-state index in [1.165, 1.54) is 0 Å². The van der Waals surface area contributed by atoms with Crippen molar-refractivity contribution >= 4 is 23.1 Å². The monoisotopic (exact) mass is 221 g/mol. The predicted molar refractivity (Wildman–Crippen MR) is 64.1 cm³/mol. The summed E-state index contributed by atoms with van der Waals surface area (Å²) in [6, 6.07) is 5.16. The Hall–Kier alpha value is -2.04. The minimum absolute atomic E-state index is 0.232. The molecule has 0 aliphatic carbocycles. The van der Waals surface area contributed by atoms with Gasteiger partial charge < -0.3 is 16.2 Å². The van der Waals surface area contributed by atoms with Crippen LogP contribution >= 0.6 is 0 Å². The topological polar surface area (TPSA) is 99.2 Å². The molecule has 0 atom stereocenters. The molecule has 1 aromatic rings. The van der Waals surface area contributed by atoms with Crippen LogP contribution in [0.4, 0.5) is 11.4 Å². The lowest BCUT2D eigenvalue weighted by Gasteiger charge is -2.12. The minimum Gasteiger partial charge on any atom is -0.477 e. The SMILES string of the molecule is CC(C)Nc1ccc(N)c(C(=N)C(=O)O)c1. The van der Waals surface area contributed by atoms with Crippen molar-refractivity contribution < 1.29 is 9.90 Å². The molecule has 0 amide bonds. The maximum Gasteiger partial charge on any atom is 0.354 e. The number of aliphatic carboxylic acids is 1. The van der Waals surface area contributed by atoms with Gasteiger partial charge in [0, 0.05) is 23.0 Å².